The van der Waals surface area contributed by atoms with Gasteiger partial charge in [-0.3, -0.25) is 4.79 Å². The van der Waals surface area contributed by atoms with Gasteiger partial charge in [0.15, 0.2) is 0 Å². The molecule has 2 heterocycles. The molecule has 0 spiro atoms. The van der Waals surface area contributed by atoms with Crippen LogP contribution in [0.5, 0.6) is 5.75 Å². The van der Waals surface area contributed by atoms with E-state index in [0.29, 0.717) is 5.57 Å². The second-order valence-corrected chi connectivity index (χ2v) is 7.64. The minimum Gasteiger partial charge on any atom is -0.508 e. The van der Waals surface area contributed by atoms with E-state index < -0.39 is 0 Å². The van der Waals surface area contributed by atoms with Gasteiger partial charge in [-0.2, -0.15) is 0 Å². The lowest BCUT2D eigenvalue weighted by molar-refractivity contribution is -0.105. The summed E-state index contributed by atoms with van der Waals surface area (Å²) in [6.45, 7) is 9.18. The molecule has 1 aliphatic rings. The van der Waals surface area contributed by atoms with Crippen LogP contribution >= 0.6 is 0 Å². The molecular formula is C25H30N2O3. The number of benzene rings is 1. The molecule has 1 atom stereocenters. The van der Waals surface area contributed by atoms with Crippen molar-refractivity contribution in [2.75, 3.05) is 20.8 Å². The van der Waals surface area contributed by atoms with Crippen LogP contribution in [0.2, 0.25) is 0 Å². The number of aromatic hydroxyl groups is 1. The van der Waals surface area contributed by atoms with Gasteiger partial charge in [0.1, 0.15) is 12.0 Å². The number of nitrogens with zero attached hydrogens (tertiary/aromatic N) is 2. The molecule has 0 saturated heterocycles. The third-order valence-corrected chi connectivity index (χ3v) is 5.82. The summed E-state index contributed by atoms with van der Waals surface area (Å²) in [5.74, 6) is 0.298. The Morgan fingerprint density at radius 3 is 2.77 bits per heavy atom. The molecule has 2 aromatic rings. The zero-order valence-corrected chi connectivity index (χ0v) is 18.2. The fourth-order valence-corrected chi connectivity index (χ4v) is 4.26. The number of rotatable bonds is 8. The largest absolute Gasteiger partial charge is 0.508 e. The van der Waals surface area contributed by atoms with E-state index >= 15 is 0 Å². The zero-order valence-electron chi connectivity index (χ0n) is 18.2. The van der Waals surface area contributed by atoms with E-state index in [9.17, 15) is 9.90 Å². The highest BCUT2D eigenvalue weighted by Gasteiger charge is 2.28. The van der Waals surface area contributed by atoms with Gasteiger partial charge in [-0.15, -0.1) is 6.58 Å². The number of methoxy groups -OCH3 is 1. The first-order chi connectivity index (χ1) is 14.5. The number of carbonyl (C=O) groups excluding carboxylic acids is 1. The van der Waals surface area contributed by atoms with E-state index in [1.165, 1.54) is 11.1 Å². The average Bonchev–Trinajstić information content (AvgIpc) is 3.05. The van der Waals surface area contributed by atoms with Gasteiger partial charge in [-0.05, 0) is 48.3 Å². The predicted octanol–water partition coefficient (Wildman–Crippen LogP) is 4.64. The zero-order chi connectivity index (χ0) is 21.8. The van der Waals surface area contributed by atoms with E-state index in [-0.39, 0.29) is 18.3 Å². The molecule has 0 bridgehead atoms. The molecule has 0 saturated carbocycles. The topological polar surface area (TPSA) is 62.7 Å². The molecular weight excluding hydrogens is 376 g/mol. The third kappa shape index (κ3) is 3.90. The summed E-state index contributed by atoms with van der Waals surface area (Å²) in [6, 6.07) is 5.32. The maximum absolute atomic E-state index is 11.8. The number of aryl methyl sites for hydroxylation is 1. The van der Waals surface area contributed by atoms with Crippen LogP contribution in [0.15, 0.2) is 48.1 Å². The van der Waals surface area contributed by atoms with E-state index in [1.54, 1.807) is 19.2 Å². The monoisotopic (exact) mass is 406 g/mol. The van der Waals surface area contributed by atoms with Crippen molar-refractivity contribution in [1.82, 2.24) is 9.88 Å². The lowest BCUT2D eigenvalue weighted by atomic mass is 9.91. The molecule has 0 fully saturated rings. The number of phenolic OH excluding ortho intramolecular Hbond substituents is 1. The van der Waals surface area contributed by atoms with Crippen molar-refractivity contribution in [1.29, 1.82) is 0 Å². The summed E-state index contributed by atoms with van der Waals surface area (Å²) in [5.41, 5.74) is 6.71. The Labute approximate surface area is 178 Å². The molecule has 3 rings (SSSR count). The second kappa shape index (κ2) is 9.26. The Hall–Kier alpha value is -2.92. The lowest BCUT2D eigenvalue weighted by Gasteiger charge is -2.19. The van der Waals surface area contributed by atoms with Crippen molar-refractivity contribution in [3.05, 3.63) is 64.9 Å². The number of allylic oxidation sites excluding steroid dienone is 3. The minimum absolute atomic E-state index is 0.0494. The van der Waals surface area contributed by atoms with Crippen molar-refractivity contribution >= 4 is 22.9 Å². The highest BCUT2D eigenvalue weighted by atomic mass is 16.5. The quantitative estimate of drug-likeness (QED) is 0.393. The summed E-state index contributed by atoms with van der Waals surface area (Å²) < 4.78 is 5.28. The molecule has 0 aliphatic carbocycles. The average molecular weight is 407 g/mol. The number of carbonyl (C=O) groups is 1. The van der Waals surface area contributed by atoms with E-state index in [4.69, 9.17) is 9.72 Å². The summed E-state index contributed by atoms with van der Waals surface area (Å²) in [4.78, 5) is 18.9. The van der Waals surface area contributed by atoms with Gasteiger partial charge in [0.05, 0.1) is 23.5 Å². The molecule has 30 heavy (non-hydrogen) atoms. The Bertz CT molecular complexity index is 1040. The Morgan fingerprint density at radius 2 is 2.17 bits per heavy atom. The van der Waals surface area contributed by atoms with Crippen molar-refractivity contribution < 1.29 is 14.6 Å². The summed E-state index contributed by atoms with van der Waals surface area (Å²) in [5, 5.41) is 11.0. The maximum Gasteiger partial charge on any atom is 0.148 e. The fourth-order valence-electron chi connectivity index (χ4n) is 4.26. The van der Waals surface area contributed by atoms with Gasteiger partial charge in [-0.1, -0.05) is 19.9 Å². The van der Waals surface area contributed by atoms with Gasteiger partial charge in [0.25, 0.3) is 0 Å². The Kier molecular flexibility index (Phi) is 6.73. The number of ether oxygens (including phenoxy) is 1. The summed E-state index contributed by atoms with van der Waals surface area (Å²) in [6.07, 6.45) is 6.53. The van der Waals surface area contributed by atoms with E-state index in [0.717, 1.165) is 53.5 Å². The smallest absolute Gasteiger partial charge is 0.148 e. The summed E-state index contributed by atoms with van der Waals surface area (Å²) >= 11 is 0. The molecule has 5 heteroatoms. The molecule has 1 unspecified atom stereocenters. The van der Waals surface area contributed by atoms with Crippen molar-refractivity contribution in [2.24, 2.45) is 5.92 Å². The normalized spacial score (nSPS) is 16.5. The SMILES string of the molecule is C=CC(CC)C(/C=C1/c2nc3ccc(O)cc3c(CC)c2CN1C)=C(/C=O)COC. The molecule has 0 amide bonds. The number of aromatic nitrogens is 1. The molecule has 1 aliphatic heterocycles. The van der Waals surface area contributed by atoms with Crippen molar-refractivity contribution in [3.8, 4) is 5.75 Å². The van der Waals surface area contributed by atoms with Gasteiger partial charge < -0.3 is 14.7 Å². The predicted molar refractivity (Wildman–Crippen MR) is 121 cm³/mol. The Balaban J connectivity index is 2.27. The van der Waals surface area contributed by atoms with Crippen LogP contribution in [0.1, 0.15) is 37.1 Å². The fraction of sp³-hybridized carbons (Fsp3) is 0.360. The minimum atomic E-state index is 0.0494. The number of pyridine rings is 1. The van der Waals surface area contributed by atoms with Crippen LogP contribution < -0.4 is 0 Å². The van der Waals surface area contributed by atoms with Crippen LogP contribution in [-0.2, 0) is 22.5 Å². The molecule has 158 valence electrons. The number of fused-ring (bicyclic) bond motifs is 2. The number of phenols is 1. The first kappa shape index (κ1) is 21.8. The van der Waals surface area contributed by atoms with Gasteiger partial charge in [-0.25, -0.2) is 4.98 Å². The molecule has 0 radical (unpaired) electrons. The molecule has 1 aromatic carbocycles. The van der Waals surface area contributed by atoms with Gasteiger partial charge >= 0.3 is 0 Å². The first-order valence-corrected chi connectivity index (χ1v) is 10.4. The highest BCUT2D eigenvalue weighted by molar-refractivity contribution is 5.89. The standard InChI is InChI=1S/C25H30N2O3/c1-6-16(7-2)20(17(14-28)15-30-5)12-24-25-22(13-27(24)4)19(8-3)21-11-18(29)9-10-23(21)26-25/h6,9-12,14,16,29H,1,7-8,13,15H2,2-5H3/b20-17-,24-12-. The maximum atomic E-state index is 11.8. The van der Waals surface area contributed by atoms with Gasteiger partial charge in [0, 0.05) is 43.1 Å². The number of hydrogen-bond acceptors (Lipinski definition) is 5. The van der Waals surface area contributed by atoms with Crippen LogP contribution in [0.3, 0.4) is 0 Å². The summed E-state index contributed by atoms with van der Waals surface area (Å²) in [7, 11) is 3.63. The number of aldehydes is 1. The molecule has 1 N–H and O–H groups in total. The first-order valence-electron chi connectivity index (χ1n) is 10.4. The molecule has 5 nitrogen and oxygen atoms in total. The van der Waals surface area contributed by atoms with E-state index in [2.05, 4.69) is 31.4 Å². The highest BCUT2D eigenvalue weighted by Crippen LogP contribution is 2.38. The molecule has 1 aromatic heterocycles. The second-order valence-electron chi connectivity index (χ2n) is 7.64. The van der Waals surface area contributed by atoms with Crippen LogP contribution in [-0.4, -0.2) is 42.0 Å². The van der Waals surface area contributed by atoms with Crippen LogP contribution in [0.4, 0.5) is 0 Å². The van der Waals surface area contributed by atoms with Gasteiger partial charge in [0.2, 0.25) is 0 Å². The van der Waals surface area contributed by atoms with Crippen molar-refractivity contribution in [2.45, 2.75) is 33.2 Å². The van der Waals surface area contributed by atoms with Crippen LogP contribution in [0.25, 0.3) is 16.6 Å². The number of hydrogen-bond donors (Lipinski definition) is 1. The van der Waals surface area contributed by atoms with Crippen LogP contribution in [0, 0.1) is 5.92 Å². The Morgan fingerprint density at radius 1 is 1.40 bits per heavy atom. The lowest BCUT2D eigenvalue weighted by Crippen LogP contribution is -2.12. The van der Waals surface area contributed by atoms with Crippen molar-refractivity contribution in [3.63, 3.8) is 0 Å². The third-order valence-electron chi connectivity index (χ3n) is 5.82. The van der Waals surface area contributed by atoms with E-state index in [1.807, 2.05) is 19.2 Å².